The van der Waals surface area contributed by atoms with Crippen molar-refractivity contribution in [2.75, 3.05) is 5.75 Å². The molecule has 0 radical (unpaired) electrons. The standard InChI is InChI=1S/C16H21NO5S/c1-2-23(21,22)14-6-3-11(4-7-14)5-8-15(18)17-13-9-12(10-13)16(19)20/h3-4,6-7,12-13H,2,5,8-10H2,1H3,(H,17,18)(H,19,20). The number of carboxylic acid groups (broad SMARTS) is 1. The highest BCUT2D eigenvalue weighted by atomic mass is 32.2. The first-order valence-corrected chi connectivity index (χ1v) is 9.31. The molecule has 2 rings (SSSR count). The largest absolute Gasteiger partial charge is 0.481 e. The summed E-state index contributed by atoms with van der Waals surface area (Å²) in [7, 11) is -3.20. The van der Waals surface area contributed by atoms with Crippen LogP contribution in [0.2, 0.25) is 0 Å². The zero-order valence-corrected chi connectivity index (χ0v) is 13.8. The van der Waals surface area contributed by atoms with Gasteiger partial charge in [-0.15, -0.1) is 0 Å². The van der Waals surface area contributed by atoms with Crippen LogP contribution in [0.25, 0.3) is 0 Å². The maximum absolute atomic E-state index is 11.8. The van der Waals surface area contributed by atoms with E-state index in [0.717, 1.165) is 5.56 Å². The summed E-state index contributed by atoms with van der Waals surface area (Å²) in [5, 5.41) is 11.6. The number of hydrogen-bond acceptors (Lipinski definition) is 4. The Hall–Kier alpha value is -1.89. The van der Waals surface area contributed by atoms with E-state index in [0.29, 0.717) is 30.6 Å². The molecule has 1 aromatic carbocycles. The first-order chi connectivity index (χ1) is 10.8. The number of amides is 1. The van der Waals surface area contributed by atoms with Crippen molar-refractivity contribution in [2.45, 2.75) is 43.5 Å². The molecular formula is C16H21NO5S. The van der Waals surface area contributed by atoms with Crippen molar-refractivity contribution in [3.8, 4) is 0 Å². The van der Waals surface area contributed by atoms with Gasteiger partial charge in [0.2, 0.25) is 5.91 Å². The van der Waals surface area contributed by atoms with E-state index in [4.69, 9.17) is 5.11 Å². The van der Waals surface area contributed by atoms with Crippen molar-refractivity contribution in [3.05, 3.63) is 29.8 Å². The number of rotatable bonds is 7. The van der Waals surface area contributed by atoms with Crippen LogP contribution in [0.1, 0.15) is 31.7 Å². The summed E-state index contributed by atoms with van der Waals surface area (Å²) < 4.78 is 23.4. The molecule has 0 aliphatic heterocycles. The summed E-state index contributed by atoms with van der Waals surface area (Å²) in [6.45, 7) is 1.60. The lowest BCUT2D eigenvalue weighted by Crippen LogP contribution is -2.46. The Kier molecular flexibility index (Phi) is 5.41. The van der Waals surface area contributed by atoms with Gasteiger partial charge in [0.25, 0.3) is 0 Å². The van der Waals surface area contributed by atoms with E-state index >= 15 is 0 Å². The molecule has 126 valence electrons. The van der Waals surface area contributed by atoms with Gasteiger partial charge in [0.15, 0.2) is 9.84 Å². The van der Waals surface area contributed by atoms with Crippen LogP contribution in [-0.4, -0.2) is 37.2 Å². The molecule has 7 heteroatoms. The molecule has 0 bridgehead atoms. The molecule has 0 spiro atoms. The minimum Gasteiger partial charge on any atom is -0.481 e. The minimum absolute atomic E-state index is 0.0410. The summed E-state index contributed by atoms with van der Waals surface area (Å²) in [5.41, 5.74) is 0.896. The van der Waals surface area contributed by atoms with Gasteiger partial charge >= 0.3 is 5.97 Å². The zero-order chi connectivity index (χ0) is 17.0. The van der Waals surface area contributed by atoms with Crippen LogP contribution < -0.4 is 5.32 Å². The monoisotopic (exact) mass is 339 g/mol. The summed E-state index contributed by atoms with van der Waals surface area (Å²) in [5.74, 6) is -1.19. The molecule has 0 unspecified atom stereocenters. The maximum atomic E-state index is 11.8. The number of carbonyl (C=O) groups excluding carboxylic acids is 1. The van der Waals surface area contributed by atoms with E-state index in [1.807, 2.05) is 0 Å². The molecule has 2 N–H and O–H groups in total. The summed E-state index contributed by atoms with van der Waals surface area (Å²) in [4.78, 5) is 22.8. The third-order valence-corrected chi connectivity index (χ3v) is 5.91. The molecule has 1 aliphatic carbocycles. The molecule has 0 saturated heterocycles. The van der Waals surface area contributed by atoms with Crippen LogP contribution in [0, 0.1) is 5.92 Å². The number of carbonyl (C=O) groups is 2. The van der Waals surface area contributed by atoms with Crippen LogP contribution >= 0.6 is 0 Å². The van der Waals surface area contributed by atoms with E-state index in [9.17, 15) is 18.0 Å². The highest BCUT2D eigenvalue weighted by molar-refractivity contribution is 7.91. The second-order valence-corrected chi connectivity index (χ2v) is 8.10. The third kappa shape index (κ3) is 4.54. The molecular weight excluding hydrogens is 318 g/mol. The van der Waals surface area contributed by atoms with Gasteiger partial charge in [-0.25, -0.2) is 8.42 Å². The van der Waals surface area contributed by atoms with Crippen molar-refractivity contribution in [3.63, 3.8) is 0 Å². The van der Waals surface area contributed by atoms with Crippen molar-refractivity contribution in [1.29, 1.82) is 0 Å². The number of sulfone groups is 1. The van der Waals surface area contributed by atoms with Crippen molar-refractivity contribution >= 4 is 21.7 Å². The number of benzene rings is 1. The topological polar surface area (TPSA) is 101 Å². The summed E-state index contributed by atoms with van der Waals surface area (Å²) in [6.07, 6.45) is 1.80. The van der Waals surface area contributed by atoms with Crippen molar-refractivity contribution in [2.24, 2.45) is 5.92 Å². The average Bonchev–Trinajstić information content (AvgIpc) is 2.48. The number of hydrogen-bond donors (Lipinski definition) is 2. The molecule has 0 heterocycles. The fourth-order valence-electron chi connectivity index (χ4n) is 2.53. The molecule has 0 aromatic heterocycles. The Bertz CT molecular complexity index is 675. The quantitative estimate of drug-likeness (QED) is 0.782. The van der Waals surface area contributed by atoms with Crippen LogP contribution in [0.5, 0.6) is 0 Å². The normalized spacial score (nSPS) is 20.6. The van der Waals surface area contributed by atoms with Crippen LogP contribution in [-0.2, 0) is 25.8 Å². The Balaban J connectivity index is 1.78. The SMILES string of the molecule is CCS(=O)(=O)c1ccc(CCC(=O)NC2CC(C(=O)O)C2)cc1. The molecule has 1 aromatic rings. The number of nitrogens with one attached hydrogen (secondary N) is 1. The predicted octanol–water partition coefficient (Wildman–Crippen LogP) is 1.39. The second-order valence-electron chi connectivity index (χ2n) is 5.82. The molecule has 0 atom stereocenters. The lowest BCUT2D eigenvalue weighted by Gasteiger charge is -2.32. The fraction of sp³-hybridized carbons (Fsp3) is 0.500. The van der Waals surface area contributed by atoms with E-state index < -0.39 is 15.8 Å². The van der Waals surface area contributed by atoms with E-state index in [1.165, 1.54) is 0 Å². The van der Waals surface area contributed by atoms with E-state index in [1.54, 1.807) is 31.2 Å². The molecule has 1 saturated carbocycles. The molecule has 1 aliphatic rings. The van der Waals surface area contributed by atoms with Gasteiger partial charge in [-0.3, -0.25) is 9.59 Å². The summed E-state index contributed by atoms with van der Waals surface area (Å²) in [6, 6.07) is 6.53. The number of aryl methyl sites for hydroxylation is 1. The first kappa shape index (κ1) is 17.5. The average molecular weight is 339 g/mol. The Morgan fingerprint density at radius 2 is 1.83 bits per heavy atom. The lowest BCUT2D eigenvalue weighted by molar-refractivity contribution is -0.146. The molecule has 23 heavy (non-hydrogen) atoms. The highest BCUT2D eigenvalue weighted by Crippen LogP contribution is 2.27. The van der Waals surface area contributed by atoms with Gasteiger partial charge in [0.1, 0.15) is 0 Å². The van der Waals surface area contributed by atoms with Crippen LogP contribution in [0.4, 0.5) is 0 Å². The van der Waals surface area contributed by atoms with Gasteiger partial charge in [-0.05, 0) is 37.0 Å². The Labute approximate surface area is 135 Å². The predicted molar refractivity (Wildman–Crippen MR) is 84.8 cm³/mol. The van der Waals surface area contributed by atoms with Gasteiger partial charge in [-0.1, -0.05) is 19.1 Å². The molecule has 6 nitrogen and oxygen atoms in total. The fourth-order valence-corrected chi connectivity index (χ4v) is 3.41. The lowest BCUT2D eigenvalue weighted by atomic mass is 9.80. The third-order valence-electron chi connectivity index (χ3n) is 4.16. The second kappa shape index (κ2) is 7.12. The first-order valence-electron chi connectivity index (χ1n) is 7.65. The molecule has 1 fully saturated rings. The van der Waals surface area contributed by atoms with Crippen molar-refractivity contribution < 1.29 is 23.1 Å². The minimum atomic E-state index is -3.20. The van der Waals surface area contributed by atoms with E-state index in [-0.39, 0.29) is 23.6 Å². The van der Waals surface area contributed by atoms with Gasteiger partial charge in [-0.2, -0.15) is 0 Å². The van der Waals surface area contributed by atoms with Crippen LogP contribution in [0.15, 0.2) is 29.2 Å². The Morgan fingerprint density at radius 1 is 1.22 bits per heavy atom. The van der Waals surface area contributed by atoms with Crippen LogP contribution in [0.3, 0.4) is 0 Å². The van der Waals surface area contributed by atoms with Gasteiger partial charge in [0, 0.05) is 12.5 Å². The number of carboxylic acids is 1. The van der Waals surface area contributed by atoms with Gasteiger partial charge < -0.3 is 10.4 Å². The maximum Gasteiger partial charge on any atom is 0.306 e. The summed E-state index contributed by atoms with van der Waals surface area (Å²) >= 11 is 0. The highest BCUT2D eigenvalue weighted by Gasteiger charge is 2.35. The van der Waals surface area contributed by atoms with E-state index in [2.05, 4.69) is 5.32 Å². The van der Waals surface area contributed by atoms with Gasteiger partial charge in [0.05, 0.1) is 16.6 Å². The smallest absolute Gasteiger partial charge is 0.306 e. The Morgan fingerprint density at radius 3 is 2.35 bits per heavy atom. The zero-order valence-electron chi connectivity index (χ0n) is 13.0. The number of aliphatic carboxylic acids is 1. The molecule has 1 amide bonds. The van der Waals surface area contributed by atoms with Crippen molar-refractivity contribution in [1.82, 2.24) is 5.32 Å².